The van der Waals surface area contributed by atoms with Crippen LogP contribution < -0.4 is 4.90 Å². The Labute approximate surface area is 598 Å². The summed E-state index contributed by atoms with van der Waals surface area (Å²) in [5.41, 5.74) is 33.0. The smallest absolute Gasteiger partial charge is 0.0541 e. The molecule has 0 N–H and O–H groups in total. The van der Waals surface area contributed by atoms with E-state index in [1.807, 2.05) is 0 Å². The van der Waals surface area contributed by atoms with Crippen molar-refractivity contribution in [3.05, 3.63) is 387 Å². The van der Waals surface area contributed by atoms with Gasteiger partial charge in [0.2, 0.25) is 0 Å². The monoisotopic (exact) mass is 1310 g/mol. The number of benzene rings is 16. The minimum absolute atomic E-state index is 0.326. The Kier molecular flexibility index (Phi) is 13.9. The predicted octanol–water partition coefficient (Wildman–Crippen LogP) is 26.8. The van der Waals surface area contributed by atoms with E-state index in [-0.39, 0.29) is 5.41 Å². The molecule has 0 unspecified atom stereocenters. The van der Waals surface area contributed by atoms with Crippen LogP contribution in [0.25, 0.3) is 160 Å². The maximum Gasteiger partial charge on any atom is 0.0541 e. The molecular formula is C99H68N4. The first kappa shape index (κ1) is 59.7. The van der Waals surface area contributed by atoms with Gasteiger partial charge in [-0.15, -0.1) is 0 Å². The molecule has 1 aliphatic carbocycles. The molecule has 103 heavy (non-hydrogen) atoms. The van der Waals surface area contributed by atoms with E-state index in [1.165, 1.54) is 143 Å². The summed E-state index contributed by atoms with van der Waals surface area (Å²) in [4.78, 5) is 2.41. The summed E-state index contributed by atoms with van der Waals surface area (Å²) in [6.07, 6.45) is 0. The van der Waals surface area contributed by atoms with Crippen LogP contribution in [0.1, 0.15) is 25.0 Å². The number of hydrogen-bond donors (Lipinski definition) is 0. The van der Waals surface area contributed by atoms with Crippen LogP contribution in [0, 0.1) is 0 Å². The number of nitrogens with zero attached hydrogens (tertiary/aromatic N) is 4. The van der Waals surface area contributed by atoms with Crippen LogP contribution >= 0.6 is 0 Å². The summed E-state index contributed by atoms with van der Waals surface area (Å²) in [6, 6.07) is 139. The van der Waals surface area contributed by atoms with Crippen LogP contribution in [0.2, 0.25) is 0 Å². The van der Waals surface area contributed by atoms with Crippen molar-refractivity contribution in [1.29, 1.82) is 0 Å². The number of aromatic nitrogens is 3. The Morgan fingerprint density at radius 3 is 0.864 bits per heavy atom. The normalized spacial score (nSPS) is 12.4. The van der Waals surface area contributed by atoms with Gasteiger partial charge in [0.1, 0.15) is 0 Å². The molecule has 0 bridgehead atoms. The van der Waals surface area contributed by atoms with Gasteiger partial charge in [0.25, 0.3) is 0 Å². The zero-order valence-corrected chi connectivity index (χ0v) is 57.1. The number of anilines is 3. The largest absolute Gasteiger partial charge is 0.310 e. The van der Waals surface area contributed by atoms with Crippen LogP contribution in [0.4, 0.5) is 17.1 Å². The van der Waals surface area contributed by atoms with Gasteiger partial charge in [0.05, 0.1) is 33.1 Å². The summed E-state index contributed by atoms with van der Waals surface area (Å²) in [7, 11) is 0. The summed E-state index contributed by atoms with van der Waals surface area (Å²) in [6.45, 7) is 4.82. The van der Waals surface area contributed by atoms with Gasteiger partial charge in [-0.2, -0.15) is 0 Å². The van der Waals surface area contributed by atoms with Gasteiger partial charge in [-0.3, -0.25) is 0 Å². The minimum atomic E-state index is -0.326. The average Bonchev–Trinajstić information content (AvgIpc) is 1.57. The van der Waals surface area contributed by atoms with Crippen molar-refractivity contribution in [3.8, 4) is 95.0 Å². The zero-order chi connectivity index (χ0) is 68.3. The third-order valence-electron chi connectivity index (χ3n) is 21.9. The Morgan fingerprint density at radius 2 is 0.466 bits per heavy atom. The molecule has 3 aromatic heterocycles. The maximum absolute atomic E-state index is 2.50. The summed E-state index contributed by atoms with van der Waals surface area (Å²) in [5, 5.41) is 7.41. The lowest BCUT2D eigenvalue weighted by atomic mass is 9.82. The number of para-hydroxylation sites is 4. The second kappa shape index (κ2) is 24.0. The molecule has 484 valence electrons. The molecule has 4 nitrogen and oxygen atoms in total. The van der Waals surface area contributed by atoms with E-state index in [4.69, 9.17) is 0 Å². The van der Waals surface area contributed by atoms with E-state index in [0.29, 0.717) is 0 Å². The van der Waals surface area contributed by atoms with Crippen molar-refractivity contribution in [2.45, 2.75) is 19.3 Å². The van der Waals surface area contributed by atoms with E-state index in [9.17, 15) is 0 Å². The van der Waals surface area contributed by atoms with E-state index >= 15 is 0 Å². The summed E-state index contributed by atoms with van der Waals surface area (Å²) < 4.78 is 7.27. The molecule has 0 amide bonds. The van der Waals surface area contributed by atoms with Gasteiger partial charge in [-0.1, -0.05) is 257 Å². The highest BCUT2D eigenvalue weighted by molar-refractivity contribution is 6.14. The average molecular weight is 1310 g/mol. The van der Waals surface area contributed by atoms with Crippen molar-refractivity contribution in [2.24, 2.45) is 0 Å². The van der Waals surface area contributed by atoms with E-state index < -0.39 is 0 Å². The van der Waals surface area contributed by atoms with Crippen molar-refractivity contribution >= 4 is 82.5 Å². The molecule has 0 saturated carbocycles. The molecule has 0 radical (unpaired) electrons. The first-order valence-corrected chi connectivity index (χ1v) is 35.7. The lowest BCUT2D eigenvalue weighted by Gasteiger charge is -2.28. The Bertz CT molecular complexity index is 6160. The topological polar surface area (TPSA) is 18.0 Å². The van der Waals surface area contributed by atoms with Crippen molar-refractivity contribution in [3.63, 3.8) is 0 Å². The molecule has 0 spiro atoms. The molecule has 0 aliphatic heterocycles. The Hall–Kier alpha value is -13.3. The second-order valence-electron chi connectivity index (χ2n) is 28.0. The predicted molar refractivity (Wildman–Crippen MR) is 434 cm³/mol. The fraction of sp³-hybridized carbons (Fsp3) is 0.0303. The number of rotatable bonds is 12. The van der Waals surface area contributed by atoms with E-state index in [1.54, 1.807) is 0 Å². The van der Waals surface area contributed by atoms with E-state index in [2.05, 4.69) is 409 Å². The van der Waals surface area contributed by atoms with Crippen molar-refractivity contribution in [1.82, 2.24) is 13.7 Å². The fourth-order valence-electron chi connectivity index (χ4n) is 16.7. The SMILES string of the molecule is CC1(C)c2cc(N(c3ccc(-c4ccccc4)cc3)c3ccc(-c4ccccc4)cc3)ccc2-c2ccc(-n3c4ccc(-c5ccc(-c6ccc7c(c6)c6ccccc6n7-c6ccccc6)cc5)cc4c4cc(-c5ccc(-c6ccc7c(c6)c6ccccc6n7-c6ccccc6)cc5)ccc43)cc21. The standard InChI is InChI=1S/C99H68N4/c1-99(2)91-63-81(100(79-47-39-67(40-48-79)65-19-7-3-8-20-65)80-49-41-68(42-50-80)66-21-9-4-10-22-66)51-53-83(91)84-54-52-82(64-92(84)99)103-97-57-45-75(71-35-31-69(32-36-71)73-43-55-95-87(59-73)85-27-15-17-29-93(85)101(95)77-23-11-5-12-24-77)61-89(97)90-62-76(46-58-98(90)103)72-37-33-70(34-38-72)74-44-56-96-88(60-74)86-28-16-18-30-94(86)102(96)78-25-13-6-14-26-78/h3-64H,1-2H3. The first-order valence-electron chi connectivity index (χ1n) is 35.7. The van der Waals surface area contributed by atoms with Gasteiger partial charge < -0.3 is 18.6 Å². The van der Waals surface area contributed by atoms with Crippen LogP contribution in [0.5, 0.6) is 0 Å². The molecule has 0 atom stereocenters. The number of fused-ring (bicyclic) bond motifs is 12. The molecule has 4 heteroatoms. The van der Waals surface area contributed by atoms with Gasteiger partial charge in [0, 0.05) is 71.9 Å². The Morgan fingerprint density at radius 1 is 0.194 bits per heavy atom. The van der Waals surface area contributed by atoms with E-state index in [0.717, 1.165) is 45.2 Å². The fourth-order valence-corrected chi connectivity index (χ4v) is 16.7. The van der Waals surface area contributed by atoms with Crippen LogP contribution in [-0.2, 0) is 5.41 Å². The first-order chi connectivity index (χ1) is 50.8. The molecular weight excluding hydrogens is 1250 g/mol. The van der Waals surface area contributed by atoms with Gasteiger partial charge in [-0.25, -0.2) is 0 Å². The van der Waals surface area contributed by atoms with Crippen LogP contribution in [0.15, 0.2) is 376 Å². The molecule has 0 fully saturated rings. The highest BCUT2D eigenvalue weighted by Gasteiger charge is 2.37. The molecule has 1 aliphatic rings. The quantitative estimate of drug-likeness (QED) is 0.119. The molecule has 3 heterocycles. The van der Waals surface area contributed by atoms with Crippen LogP contribution in [-0.4, -0.2) is 13.7 Å². The molecule has 20 rings (SSSR count). The highest BCUT2D eigenvalue weighted by atomic mass is 15.1. The Balaban J connectivity index is 0.677. The lowest BCUT2D eigenvalue weighted by Crippen LogP contribution is -2.17. The molecule has 0 saturated heterocycles. The third kappa shape index (κ3) is 9.97. The van der Waals surface area contributed by atoms with Crippen LogP contribution in [0.3, 0.4) is 0 Å². The van der Waals surface area contributed by atoms with Crippen molar-refractivity contribution < 1.29 is 0 Å². The third-order valence-corrected chi connectivity index (χ3v) is 21.9. The van der Waals surface area contributed by atoms with Crippen molar-refractivity contribution in [2.75, 3.05) is 4.90 Å². The van der Waals surface area contributed by atoms with Gasteiger partial charge >= 0.3 is 0 Å². The zero-order valence-electron chi connectivity index (χ0n) is 57.1. The summed E-state index contributed by atoms with van der Waals surface area (Å²) >= 11 is 0. The summed E-state index contributed by atoms with van der Waals surface area (Å²) in [5.74, 6) is 0. The minimum Gasteiger partial charge on any atom is -0.310 e. The van der Waals surface area contributed by atoms with Gasteiger partial charge in [0.15, 0.2) is 0 Å². The molecule has 16 aromatic carbocycles. The second-order valence-corrected chi connectivity index (χ2v) is 28.0. The molecule has 19 aromatic rings. The lowest BCUT2D eigenvalue weighted by molar-refractivity contribution is 0.660. The maximum atomic E-state index is 2.50. The highest BCUT2D eigenvalue weighted by Crippen LogP contribution is 2.52. The van der Waals surface area contributed by atoms with Gasteiger partial charge in [-0.05, 0) is 222 Å². The number of hydrogen-bond acceptors (Lipinski definition) is 1.